The highest BCUT2D eigenvalue weighted by molar-refractivity contribution is 6.03. The molecule has 0 aromatic carbocycles. The van der Waals surface area contributed by atoms with Crippen LogP contribution in [0.25, 0.3) is 0 Å². The first-order valence-corrected chi connectivity index (χ1v) is 5.22. The van der Waals surface area contributed by atoms with E-state index in [1.54, 1.807) is 6.07 Å². The van der Waals surface area contributed by atoms with Gasteiger partial charge in [-0.1, -0.05) is 18.2 Å². The second-order valence-corrected chi connectivity index (χ2v) is 3.66. The molecular weight excluding hydrogens is 204 g/mol. The number of allylic oxidation sites excluding steroid dienone is 4. The van der Waals surface area contributed by atoms with Gasteiger partial charge in [0.05, 0.1) is 11.8 Å². The number of hydrogen-bond acceptors (Lipinski definition) is 3. The van der Waals surface area contributed by atoms with Crippen LogP contribution >= 0.6 is 0 Å². The Bertz CT molecular complexity index is 450. The zero-order chi connectivity index (χ0) is 11.4. The van der Waals surface area contributed by atoms with E-state index in [1.165, 1.54) is 12.5 Å². The predicted molar refractivity (Wildman–Crippen MR) is 59.1 cm³/mol. The minimum absolute atomic E-state index is 0.0330. The molecule has 0 aliphatic heterocycles. The monoisotopic (exact) mass is 216 g/mol. The average molecular weight is 216 g/mol. The van der Waals surface area contributed by atoms with E-state index in [0.29, 0.717) is 5.56 Å². The SMILES string of the molecule is O=C(CCC(=O)c1ccoc1)C1=CCC=C1. The summed E-state index contributed by atoms with van der Waals surface area (Å²) >= 11 is 0. The van der Waals surface area contributed by atoms with Gasteiger partial charge >= 0.3 is 0 Å². The van der Waals surface area contributed by atoms with Crippen LogP contribution < -0.4 is 0 Å². The molecule has 0 unspecified atom stereocenters. The van der Waals surface area contributed by atoms with Gasteiger partial charge in [0.2, 0.25) is 0 Å². The molecule has 0 fully saturated rings. The lowest BCUT2D eigenvalue weighted by atomic mass is 10.0. The van der Waals surface area contributed by atoms with Gasteiger partial charge in [-0.2, -0.15) is 0 Å². The van der Waals surface area contributed by atoms with Crippen molar-refractivity contribution in [2.75, 3.05) is 0 Å². The summed E-state index contributed by atoms with van der Waals surface area (Å²) in [6, 6.07) is 1.61. The highest BCUT2D eigenvalue weighted by atomic mass is 16.3. The first-order chi connectivity index (χ1) is 7.77. The van der Waals surface area contributed by atoms with Crippen molar-refractivity contribution in [2.24, 2.45) is 0 Å². The zero-order valence-electron chi connectivity index (χ0n) is 8.81. The van der Waals surface area contributed by atoms with Crippen LogP contribution in [-0.2, 0) is 4.79 Å². The van der Waals surface area contributed by atoms with Crippen LogP contribution in [0.3, 0.4) is 0 Å². The Kier molecular flexibility index (Phi) is 3.15. The molecule has 0 radical (unpaired) electrons. The highest BCUT2D eigenvalue weighted by Crippen LogP contribution is 2.14. The second kappa shape index (κ2) is 4.75. The Hall–Kier alpha value is -1.90. The molecule has 1 heterocycles. The Morgan fingerprint density at radius 2 is 2.06 bits per heavy atom. The summed E-state index contributed by atoms with van der Waals surface area (Å²) in [7, 11) is 0. The fourth-order valence-electron chi connectivity index (χ4n) is 1.60. The van der Waals surface area contributed by atoms with Crippen LogP contribution in [0.1, 0.15) is 29.6 Å². The van der Waals surface area contributed by atoms with Crippen molar-refractivity contribution in [1.82, 2.24) is 0 Å². The van der Waals surface area contributed by atoms with Crippen molar-refractivity contribution < 1.29 is 14.0 Å². The Balaban J connectivity index is 1.86. The van der Waals surface area contributed by atoms with Gasteiger partial charge in [-0.05, 0) is 12.5 Å². The lowest BCUT2D eigenvalue weighted by Gasteiger charge is -1.98. The molecular formula is C13H12O3. The smallest absolute Gasteiger partial charge is 0.166 e. The molecule has 0 spiro atoms. The van der Waals surface area contributed by atoms with Crippen molar-refractivity contribution in [1.29, 1.82) is 0 Å². The molecule has 1 aliphatic rings. The molecule has 2 rings (SSSR count). The summed E-state index contributed by atoms with van der Waals surface area (Å²) < 4.78 is 4.81. The summed E-state index contributed by atoms with van der Waals surface area (Å²) in [4.78, 5) is 23.2. The standard InChI is InChI=1S/C13H12O3/c14-12(10-3-1-2-4-10)5-6-13(15)11-7-8-16-9-11/h1,3-4,7-9H,2,5-6H2. The van der Waals surface area contributed by atoms with E-state index in [-0.39, 0.29) is 24.4 Å². The summed E-state index contributed by atoms with van der Waals surface area (Å²) in [6.07, 6.45) is 9.81. The molecule has 1 aromatic rings. The van der Waals surface area contributed by atoms with Crippen molar-refractivity contribution in [3.63, 3.8) is 0 Å². The van der Waals surface area contributed by atoms with Gasteiger partial charge in [0.25, 0.3) is 0 Å². The maximum Gasteiger partial charge on any atom is 0.166 e. The molecule has 0 bridgehead atoms. The number of rotatable bonds is 5. The van der Waals surface area contributed by atoms with E-state index in [4.69, 9.17) is 4.42 Å². The van der Waals surface area contributed by atoms with Crippen LogP contribution in [0.4, 0.5) is 0 Å². The number of Topliss-reactive ketones (excluding diaryl/α,β-unsaturated/α-hetero) is 2. The number of furan rings is 1. The fraction of sp³-hybridized carbons (Fsp3) is 0.231. The minimum Gasteiger partial charge on any atom is -0.472 e. The molecule has 0 atom stereocenters. The molecule has 0 N–H and O–H groups in total. The first kappa shape index (κ1) is 10.6. The Morgan fingerprint density at radius 3 is 2.69 bits per heavy atom. The molecule has 0 saturated heterocycles. The van der Waals surface area contributed by atoms with Gasteiger partial charge < -0.3 is 4.42 Å². The predicted octanol–water partition coefficient (Wildman–Crippen LogP) is 2.70. The van der Waals surface area contributed by atoms with Crippen LogP contribution in [0.2, 0.25) is 0 Å². The van der Waals surface area contributed by atoms with Gasteiger partial charge in [-0.25, -0.2) is 0 Å². The maximum atomic E-state index is 11.6. The maximum absolute atomic E-state index is 11.6. The van der Waals surface area contributed by atoms with Gasteiger partial charge in [0.15, 0.2) is 11.6 Å². The summed E-state index contributed by atoms with van der Waals surface area (Å²) in [5, 5.41) is 0. The van der Waals surface area contributed by atoms with Crippen molar-refractivity contribution in [3.05, 3.63) is 48.0 Å². The van der Waals surface area contributed by atoms with Gasteiger partial charge in [0.1, 0.15) is 6.26 Å². The van der Waals surface area contributed by atoms with E-state index in [9.17, 15) is 9.59 Å². The summed E-state index contributed by atoms with van der Waals surface area (Å²) in [5.41, 5.74) is 1.25. The van der Waals surface area contributed by atoms with Crippen LogP contribution in [-0.4, -0.2) is 11.6 Å². The van der Waals surface area contributed by atoms with Crippen molar-refractivity contribution in [3.8, 4) is 0 Å². The molecule has 3 nitrogen and oxygen atoms in total. The lowest BCUT2D eigenvalue weighted by Crippen LogP contribution is -2.04. The summed E-state index contributed by atoms with van der Waals surface area (Å²) in [6.45, 7) is 0. The number of carbonyl (C=O) groups excluding carboxylic acids is 2. The summed E-state index contributed by atoms with van der Waals surface area (Å²) in [5.74, 6) is -0.0183. The van der Waals surface area contributed by atoms with E-state index in [2.05, 4.69) is 0 Å². The van der Waals surface area contributed by atoms with Crippen molar-refractivity contribution in [2.45, 2.75) is 19.3 Å². The molecule has 0 amide bonds. The Morgan fingerprint density at radius 1 is 1.25 bits per heavy atom. The van der Waals surface area contributed by atoms with E-state index < -0.39 is 0 Å². The second-order valence-electron chi connectivity index (χ2n) is 3.66. The third-order valence-electron chi connectivity index (χ3n) is 2.52. The molecule has 3 heteroatoms. The largest absolute Gasteiger partial charge is 0.472 e. The quantitative estimate of drug-likeness (QED) is 0.711. The molecule has 16 heavy (non-hydrogen) atoms. The molecule has 82 valence electrons. The van der Waals surface area contributed by atoms with Gasteiger partial charge in [0, 0.05) is 18.4 Å². The van der Waals surface area contributed by atoms with Gasteiger partial charge in [-0.3, -0.25) is 9.59 Å². The van der Waals surface area contributed by atoms with E-state index >= 15 is 0 Å². The zero-order valence-corrected chi connectivity index (χ0v) is 8.81. The van der Waals surface area contributed by atoms with Crippen LogP contribution in [0.15, 0.2) is 46.8 Å². The molecule has 1 aromatic heterocycles. The first-order valence-electron chi connectivity index (χ1n) is 5.22. The number of carbonyl (C=O) groups is 2. The fourth-order valence-corrected chi connectivity index (χ4v) is 1.60. The van der Waals surface area contributed by atoms with E-state index in [1.807, 2.05) is 18.2 Å². The third kappa shape index (κ3) is 2.37. The van der Waals surface area contributed by atoms with Crippen molar-refractivity contribution >= 4 is 11.6 Å². The molecule has 0 saturated carbocycles. The van der Waals surface area contributed by atoms with Crippen LogP contribution in [0, 0.1) is 0 Å². The third-order valence-corrected chi connectivity index (χ3v) is 2.52. The minimum atomic E-state index is -0.0512. The Labute approximate surface area is 93.4 Å². The van der Waals surface area contributed by atoms with Crippen LogP contribution in [0.5, 0.6) is 0 Å². The number of hydrogen-bond donors (Lipinski definition) is 0. The normalized spacial score (nSPS) is 13.9. The highest BCUT2D eigenvalue weighted by Gasteiger charge is 2.13. The number of ketones is 2. The molecule has 1 aliphatic carbocycles. The topological polar surface area (TPSA) is 47.3 Å². The lowest BCUT2D eigenvalue weighted by molar-refractivity contribution is -0.115. The average Bonchev–Trinajstić information content (AvgIpc) is 2.95. The van der Waals surface area contributed by atoms with E-state index in [0.717, 1.165) is 12.0 Å². The van der Waals surface area contributed by atoms with Gasteiger partial charge in [-0.15, -0.1) is 0 Å².